The molecule has 0 aromatic heterocycles. The van der Waals surface area contributed by atoms with Gasteiger partial charge in [-0.1, -0.05) is 62.8 Å². The van der Waals surface area contributed by atoms with E-state index in [1.807, 2.05) is 43.3 Å². The summed E-state index contributed by atoms with van der Waals surface area (Å²) in [5.74, 6) is 1.22. The number of benzene rings is 2. The van der Waals surface area contributed by atoms with Crippen molar-refractivity contribution in [1.82, 2.24) is 5.32 Å². The third-order valence-electron chi connectivity index (χ3n) is 5.50. The summed E-state index contributed by atoms with van der Waals surface area (Å²) in [4.78, 5) is 12.5. The molecule has 1 saturated carbocycles. The van der Waals surface area contributed by atoms with Gasteiger partial charge in [0.1, 0.15) is 5.75 Å². The predicted molar refractivity (Wildman–Crippen MR) is 124 cm³/mol. The average Bonchev–Trinajstić information content (AvgIpc) is 2.80. The summed E-state index contributed by atoms with van der Waals surface area (Å²) in [7, 11) is 1.66. The van der Waals surface area contributed by atoms with Gasteiger partial charge in [-0.15, -0.1) is 6.58 Å². The molecule has 2 aromatic rings. The molecule has 2 aliphatic rings. The SMILES string of the molecule is C1CCCCC1.C=CC.COc1ccc2cc(C(=O)C3CCCNC3)ccc2c1. The third kappa shape index (κ3) is 7.66. The van der Waals surface area contributed by atoms with Crippen molar-refractivity contribution < 1.29 is 9.53 Å². The molecule has 2 aromatic carbocycles. The minimum Gasteiger partial charge on any atom is -0.497 e. The first kappa shape index (κ1) is 23.2. The molecule has 1 atom stereocenters. The maximum absolute atomic E-state index is 12.5. The molecule has 29 heavy (non-hydrogen) atoms. The van der Waals surface area contributed by atoms with Crippen molar-refractivity contribution in [3.63, 3.8) is 0 Å². The highest BCUT2D eigenvalue weighted by molar-refractivity contribution is 6.01. The first-order chi connectivity index (χ1) is 14.2. The standard InChI is InChI=1S/C17H19NO2.C6H12.C3H6/c1-20-16-7-6-12-9-14(5-4-13(12)10-16)17(19)15-3-2-8-18-11-15;1-2-4-6-5-3-1;1-3-2/h4-7,9-10,15,18H,2-3,8,11H2,1H3;1-6H2;3H,1H2,2H3. The molecule has 4 rings (SSSR count). The van der Waals surface area contributed by atoms with Crippen LogP contribution in [0.3, 0.4) is 0 Å². The van der Waals surface area contributed by atoms with Crippen LogP contribution in [0.25, 0.3) is 10.8 Å². The van der Waals surface area contributed by atoms with Crippen LogP contribution >= 0.6 is 0 Å². The van der Waals surface area contributed by atoms with E-state index in [0.717, 1.165) is 48.0 Å². The Morgan fingerprint density at radius 1 is 1.00 bits per heavy atom. The van der Waals surface area contributed by atoms with Gasteiger partial charge in [-0.3, -0.25) is 4.79 Å². The molecule has 1 heterocycles. The Bertz CT molecular complexity index is 747. The Morgan fingerprint density at radius 2 is 1.59 bits per heavy atom. The molecule has 1 aliphatic carbocycles. The van der Waals surface area contributed by atoms with Gasteiger partial charge < -0.3 is 10.1 Å². The zero-order valence-electron chi connectivity index (χ0n) is 18.2. The van der Waals surface area contributed by atoms with Crippen LogP contribution in [0, 0.1) is 5.92 Å². The second-order valence-electron chi connectivity index (χ2n) is 7.86. The number of methoxy groups -OCH3 is 1. The lowest BCUT2D eigenvalue weighted by atomic mass is 9.90. The molecular weight excluding hydrogens is 358 g/mol. The van der Waals surface area contributed by atoms with Crippen LogP contribution in [0.2, 0.25) is 0 Å². The van der Waals surface area contributed by atoms with Crippen LogP contribution in [0.15, 0.2) is 49.1 Å². The number of hydrogen-bond donors (Lipinski definition) is 1. The van der Waals surface area contributed by atoms with E-state index >= 15 is 0 Å². The summed E-state index contributed by atoms with van der Waals surface area (Å²) in [5.41, 5.74) is 0.816. The third-order valence-corrected chi connectivity index (χ3v) is 5.50. The van der Waals surface area contributed by atoms with Crippen LogP contribution < -0.4 is 10.1 Å². The number of ether oxygens (including phenoxy) is 1. The zero-order valence-corrected chi connectivity index (χ0v) is 18.2. The number of carbonyl (C=O) groups is 1. The molecule has 0 amide bonds. The lowest BCUT2D eigenvalue weighted by Gasteiger charge is -2.21. The Labute approximate surface area is 176 Å². The first-order valence-electron chi connectivity index (χ1n) is 11.1. The highest BCUT2D eigenvalue weighted by Gasteiger charge is 2.22. The smallest absolute Gasteiger partial charge is 0.167 e. The molecule has 1 unspecified atom stereocenters. The average molecular weight is 396 g/mol. The largest absolute Gasteiger partial charge is 0.497 e. The fourth-order valence-corrected chi connectivity index (χ4v) is 3.88. The Kier molecular flexibility index (Phi) is 10.5. The summed E-state index contributed by atoms with van der Waals surface area (Å²) >= 11 is 0. The topological polar surface area (TPSA) is 38.3 Å². The first-order valence-corrected chi connectivity index (χ1v) is 11.1. The maximum atomic E-state index is 12.5. The Hall–Kier alpha value is -2.13. The number of hydrogen-bond acceptors (Lipinski definition) is 3. The van der Waals surface area contributed by atoms with Crippen molar-refractivity contribution in [2.24, 2.45) is 5.92 Å². The summed E-state index contributed by atoms with van der Waals surface area (Å²) in [6, 6.07) is 11.8. The Balaban J connectivity index is 0.000000278. The number of ketones is 1. The van der Waals surface area contributed by atoms with Gasteiger partial charge in [0.25, 0.3) is 0 Å². The molecule has 1 aliphatic heterocycles. The van der Waals surface area contributed by atoms with Crippen molar-refractivity contribution in [2.75, 3.05) is 20.2 Å². The lowest BCUT2D eigenvalue weighted by molar-refractivity contribution is 0.0900. The fraction of sp³-hybridized carbons (Fsp3) is 0.500. The van der Waals surface area contributed by atoms with Crippen molar-refractivity contribution in [3.8, 4) is 5.75 Å². The van der Waals surface area contributed by atoms with Crippen molar-refractivity contribution >= 4 is 16.6 Å². The number of carbonyl (C=O) groups excluding carboxylic acids is 1. The summed E-state index contributed by atoms with van der Waals surface area (Å²) in [6.45, 7) is 7.08. The molecule has 1 N–H and O–H groups in total. The number of rotatable bonds is 3. The highest BCUT2D eigenvalue weighted by atomic mass is 16.5. The van der Waals surface area contributed by atoms with E-state index in [-0.39, 0.29) is 11.7 Å². The molecule has 0 radical (unpaired) electrons. The molecular formula is C26H37NO2. The van der Waals surface area contributed by atoms with Gasteiger partial charge in [0.2, 0.25) is 0 Å². The quantitative estimate of drug-likeness (QED) is 0.472. The number of Topliss-reactive ketones (excluding diaryl/α,β-unsaturated/α-hetero) is 1. The number of fused-ring (bicyclic) bond motifs is 1. The van der Waals surface area contributed by atoms with Crippen molar-refractivity contribution in [1.29, 1.82) is 0 Å². The Morgan fingerprint density at radius 3 is 2.14 bits per heavy atom. The second kappa shape index (κ2) is 13.2. The van der Waals surface area contributed by atoms with E-state index in [0.29, 0.717) is 0 Å². The summed E-state index contributed by atoms with van der Waals surface area (Å²) in [5, 5.41) is 5.48. The predicted octanol–water partition coefficient (Wildman–Crippen LogP) is 6.56. The summed E-state index contributed by atoms with van der Waals surface area (Å²) in [6.07, 6.45) is 12.8. The van der Waals surface area contributed by atoms with E-state index in [1.165, 1.54) is 38.5 Å². The number of nitrogens with one attached hydrogen (secondary N) is 1. The molecule has 3 nitrogen and oxygen atoms in total. The van der Waals surface area contributed by atoms with E-state index < -0.39 is 0 Å². The monoisotopic (exact) mass is 395 g/mol. The molecule has 2 fully saturated rings. The summed E-state index contributed by atoms with van der Waals surface area (Å²) < 4.78 is 5.22. The molecule has 1 saturated heterocycles. The van der Waals surface area contributed by atoms with Gasteiger partial charge in [0.05, 0.1) is 7.11 Å². The highest BCUT2D eigenvalue weighted by Crippen LogP contribution is 2.24. The van der Waals surface area contributed by atoms with E-state index in [4.69, 9.17) is 4.74 Å². The van der Waals surface area contributed by atoms with E-state index in [1.54, 1.807) is 13.2 Å². The minimum atomic E-state index is 0.124. The van der Waals surface area contributed by atoms with Gasteiger partial charge in [-0.2, -0.15) is 0 Å². The maximum Gasteiger partial charge on any atom is 0.167 e. The van der Waals surface area contributed by atoms with E-state index in [9.17, 15) is 4.79 Å². The molecule has 0 spiro atoms. The second-order valence-corrected chi connectivity index (χ2v) is 7.86. The van der Waals surface area contributed by atoms with Crippen LogP contribution in [0.4, 0.5) is 0 Å². The van der Waals surface area contributed by atoms with Crippen LogP contribution in [0.5, 0.6) is 5.75 Å². The van der Waals surface area contributed by atoms with Crippen LogP contribution in [0.1, 0.15) is 68.6 Å². The van der Waals surface area contributed by atoms with Crippen molar-refractivity contribution in [2.45, 2.75) is 58.3 Å². The van der Waals surface area contributed by atoms with Gasteiger partial charge in [0.15, 0.2) is 5.78 Å². The number of allylic oxidation sites excluding steroid dienone is 1. The van der Waals surface area contributed by atoms with E-state index in [2.05, 4.69) is 11.9 Å². The fourth-order valence-electron chi connectivity index (χ4n) is 3.88. The molecule has 0 bridgehead atoms. The van der Waals surface area contributed by atoms with Gasteiger partial charge in [0, 0.05) is 18.0 Å². The molecule has 3 heteroatoms. The molecule has 158 valence electrons. The normalized spacial score (nSPS) is 18.5. The van der Waals surface area contributed by atoms with Crippen molar-refractivity contribution in [3.05, 3.63) is 54.6 Å². The van der Waals surface area contributed by atoms with Crippen LogP contribution in [-0.2, 0) is 0 Å². The number of piperidine rings is 1. The van der Waals surface area contributed by atoms with Crippen LogP contribution in [-0.4, -0.2) is 26.0 Å². The van der Waals surface area contributed by atoms with Gasteiger partial charge in [-0.05, 0) is 55.3 Å². The van der Waals surface area contributed by atoms with Gasteiger partial charge >= 0.3 is 0 Å². The lowest BCUT2D eigenvalue weighted by Crippen LogP contribution is -2.34. The van der Waals surface area contributed by atoms with Gasteiger partial charge in [-0.25, -0.2) is 0 Å². The zero-order chi connectivity index (χ0) is 20.9. The minimum absolute atomic E-state index is 0.124.